The number of carbonyl (C=O) groups excluding carboxylic acids is 1. The zero-order valence-electron chi connectivity index (χ0n) is 15.7. The van der Waals surface area contributed by atoms with Crippen molar-refractivity contribution in [3.05, 3.63) is 11.4 Å². The van der Waals surface area contributed by atoms with Gasteiger partial charge in [-0.3, -0.25) is 20.1 Å². The number of aliphatic imine (C=N–C) groups is 2. The van der Waals surface area contributed by atoms with Crippen molar-refractivity contribution in [3.63, 3.8) is 0 Å². The Morgan fingerprint density at radius 2 is 1.44 bits per heavy atom. The lowest BCUT2D eigenvalue weighted by Crippen LogP contribution is -2.38. The molecule has 11 nitrogen and oxygen atoms in total. The van der Waals surface area contributed by atoms with Crippen molar-refractivity contribution in [1.82, 2.24) is 15.3 Å². The van der Waals surface area contributed by atoms with Crippen molar-refractivity contribution in [2.75, 3.05) is 24.6 Å². The number of amides is 1. The Morgan fingerprint density at radius 1 is 0.889 bits per heavy atom. The Hall–Kier alpha value is -3.11. The molecule has 11 heteroatoms. The number of nitrogens with one attached hydrogen (secondary N) is 1. The molecule has 0 bridgehead atoms. The summed E-state index contributed by atoms with van der Waals surface area (Å²) in [5.74, 6) is -0.276. The van der Waals surface area contributed by atoms with Gasteiger partial charge < -0.3 is 28.7 Å². The molecule has 0 aromatic carbocycles. The minimum absolute atomic E-state index is 0.0212. The minimum Gasteiger partial charge on any atom is -0.382 e. The largest absolute Gasteiger partial charge is 0.382 e. The van der Waals surface area contributed by atoms with E-state index >= 15 is 0 Å². The predicted molar refractivity (Wildman–Crippen MR) is 108 cm³/mol. The summed E-state index contributed by atoms with van der Waals surface area (Å²) in [6.07, 6.45) is 6.19. The SMILES string of the molecule is Cc1nc(C(=O)NC(N)=NCCCCCCCCN=C(N)N)c(N)nc1N. The number of anilines is 2. The number of guanidine groups is 2. The van der Waals surface area contributed by atoms with Crippen molar-refractivity contribution in [2.45, 2.75) is 45.4 Å². The Kier molecular flexibility index (Phi) is 9.34. The molecule has 1 amide bonds. The molecule has 1 aromatic heterocycles. The molecule has 0 fully saturated rings. The maximum Gasteiger partial charge on any atom is 0.280 e. The Balaban J connectivity index is 2.25. The van der Waals surface area contributed by atoms with Crippen LogP contribution in [0.5, 0.6) is 0 Å². The number of hydrogen-bond donors (Lipinski definition) is 6. The van der Waals surface area contributed by atoms with E-state index in [0.717, 1.165) is 38.5 Å². The fourth-order valence-electron chi connectivity index (χ4n) is 2.27. The van der Waals surface area contributed by atoms with Gasteiger partial charge in [-0.15, -0.1) is 0 Å². The summed E-state index contributed by atoms with van der Waals surface area (Å²) >= 11 is 0. The third-order valence-corrected chi connectivity index (χ3v) is 3.73. The highest BCUT2D eigenvalue weighted by Crippen LogP contribution is 2.11. The minimum atomic E-state index is -0.565. The molecule has 1 rings (SSSR count). The molecule has 1 heterocycles. The molecule has 27 heavy (non-hydrogen) atoms. The van der Waals surface area contributed by atoms with Crippen molar-refractivity contribution in [3.8, 4) is 0 Å². The first kappa shape index (κ1) is 21.9. The van der Waals surface area contributed by atoms with Crippen LogP contribution in [-0.4, -0.2) is 40.9 Å². The lowest BCUT2D eigenvalue weighted by molar-refractivity contribution is 0.0972. The van der Waals surface area contributed by atoms with Crippen molar-refractivity contribution in [2.24, 2.45) is 27.2 Å². The molecular formula is C16H30N10O. The van der Waals surface area contributed by atoms with Gasteiger partial charge in [-0.05, 0) is 19.8 Å². The molecule has 0 aliphatic carbocycles. The number of nitrogens with zero attached hydrogens (tertiary/aromatic N) is 4. The summed E-state index contributed by atoms with van der Waals surface area (Å²) in [7, 11) is 0. The van der Waals surface area contributed by atoms with Gasteiger partial charge in [0.05, 0.1) is 5.69 Å². The average Bonchev–Trinajstić information content (AvgIpc) is 2.59. The molecule has 0 radical (unpaired) electrons. The van der Waals surface area contributed by atoms with Crippen LogP contribution in [0.4, 0.5) is 11.6 Å². The fourth-order valence-corrected chi connectivity index (χ4v) is 2.27. The van der Waals surface area contributed by atoms with Crippen molar-refractivity contribution >= 4 is 29.5 Å². The maximum atomic E-state index is 12.1. The third kappa shape index (κ3) is 8.70. The number of unbranched alkanes of at least 4 members (excludes halogenated alkanes) is 5. The fraction of sp³-hybridized carbons (Fsp3) is 0.562. The smallest absolute Gasteiger partial charge is 0.280 e. The van der Waals surface area contributed by atoms with Gasteiger partial charge in [-0.25, -0.2) is 9.97 Å². The zero-order chi connectivity index (χ0) is 20.2. The normalized spacial score (nSPS) is 11.2. The van der Waals surface area contributed by atoms with Crippen LogP contribution in [0.1, 0.15) is 54.7 Å². The zero-order valence-corrected chi connectivity index (χ0v) is 15.7. The highest BCUT2D eigenvalue weighted by atomic mass is 16.2. The van der Waals surface area contributed by atoms with Gasteiger partial charge in [-0.2, -0.15) is 0 Å². The van der Waals surface area contributed by atoms with Crippen molar-refractivity contribution in [1.29, 1.82) is 0 Å². The molecule has 1 aromatic rings. The second-order valence-corrected chi connectivity index (χ2v) is 6.08. The summed E-state index contributed by atoms with van der Waals surface area (Å²) in [4.78, 5) is 28.1. The van der Waals surface area contributed by atoms with Gasteiger partial charge in [0.2, 0.25) is 0 Å². The van der Waals surface area contributed by atoms with Gasteiger partial charge in [0.15, 0.2) is 23.4 Å². The summed E-state index contributed by atoms with van der Waals surface area (Å²) in [5.41, 5.74) is 27.9. The highest BCUT2D eigenvalue weighted by molar-refractivity contribution is 6.06. The number of rotatable bonds is 10. The summed E-state index contributed by atoms with van der Waals surface area (Å²) in [5, 5.41) is 2.45. The van der Waals surface area contributed by atoms with E-state index in [-0.39, 0.29) is 29.2 Å². The topological polar surface area (TPSA) is 210 Å². The summed E-state index contributed by atoms with van der Waals surface area (Å²) < 4.78 is 0. The number of nitrogen functional groups attached to an aromatic ring is 2. The van der Waals surface area contributed by atoms with Crippen LogP contribution in [0, 0.1) is 6.92 Å². The van der Waals surface area contributed by atoms with Crippen LogP contribution in [0.2, 0.25) is 0 Å². The van der Waals surface area contributed by atoms with Crippen LogP contribution < -0.4 is 34.0 Å². The first-order valence-electron chi connectivity index (χ1n) is 8.87. The van der Waals surface area contributed by atoms with Gasteiger partial charge >= 0.3 is 0 Å². The van der Waals surface area contributed by atoms with Gasteiger partial charge in [-0.1, -0.05) is 25.7 Å². The highest BCUT2D eigenvalue weighted by Gasteiger charge is 2.15. The van der Waals surface area contributed by atoms with E-state index in [9.17, 15) is 4.79 Å². The molecule has 0 aliphatic rings. The molecule has 0 saturated carbocycles. The van der Waals surface area contributed by atoms with Gasteiger partial charge in [0.25, 0.3) is 5.91 Å². The van der Waals surface area contributed by atoms with Crippen LogP contribution >= 0.6 is 0 Å². The Bertz CT molecular complexity index is 682. The third-order valence-electron chi connectivity index (χ3n) is 3.73. The maximum absolute atomic E-state index is 12.1. The number of aryl methyl sites for hydroxylation is 1. The van der Waals surface area contributed by atoms with E-state index in [1.807, 2.05) is 0 Å². The van der Waals surface area contributed by atoms with Gasteiger partial charge in [0, 0.05) is 13.1 Å². The first-order valence-corrected chi connectivity index (χ1v) is 8.87. The van der Waals surface area contributed by atoms with E-state index in [4.69, 9.17) is 28.7 Å². The first-order chi connectivity index (χ1) is 12.8. The van der Waals surface area contributed by atoms with Crippen LogP contribution in [0.25, 0.3) is 0 Å². The monoisotopic (exact) mass is 378 g/mol. The van der Waals surface area contributed by atoms with Gasteiger partial charge in [0.1, 0.15) is 5.82 Å². The predicted octanol–water partition coefficient (Wildman–Crippen LogP) is -0.392. The Labute approximate surface area is 158 Å². The molecule has 150 valence electrons. The molecule has 0 saturated heterocycles. The number of nitrogens with two attached hydrogens (primary N) is 5. The second kappa shape index (κ2) is 11.5. The molecule has 0 spiro atoms. The molecule has 0 unspecified atom stereocenters. The van der Waals surface area contributed by atoms with E-state index in [0.29, 0.717) is 18.8 Å². The molecule has 0 aliphatic heterocycles. The number of aromatic nitrogens is 2. The van der Waals surface area contributed by atoms with E-state index in [2.05, 4.69) is 25.3 Å². The average molecular weight is 378 g/mol. The quantitative estimate of drug-likeness (QED) is 0.179. The lowest BCUT2D eigenvalue weighted by Gasteiger charge is -2.08. The molecule has 0 atom stereocenters. The second-order valence-electron chi connectivity index (χ2n) is 6.08. The lowest BCUT2D eigenvalue weighted by atomic mass is 10.1. The Morgan fingerprint density at radius 3 is 2.04 bits per heavy atom. The molecular weight excluding hydrogens is 348 g/mol. The van der Waals surface area contributed by atoms with Crippen LogP contribution in [0.15, 0.2) is 9.98 Å². The summed E-state index contributed by atoms with van der Waals surface area (Å²) in [6, 6.07) is 0. The number of hydrogen-bond acceptors (Lipinski definition) is 7. The van der Waals surface area contributed by atoms with E-state index in [1.165, 1.54) is 0 Å². The standard InChI is InChI=1S/C16H30N10O/c1-10-12(17)25-13(18)11(24-10)14(27)26-16(21)23-9-7-5-3-2-4-6-8-22-15(19)20/h2-9H2,1H3,(H4,17,18,25)(H4,19,20,22)(H3,21,23,26,27). The number of carbonyl (C=O) groups is 1. The van der Waals surface area contributed by atoms with Crippen LogP contribution in [-0.2, 0) is 0 Å². The van der Waals surface area contributed by atoms with E-state index < -0.39 is 5.91 Å². The summed E-state index contributed by atoms with van der Waals surface area (Å²) in [6.45, 7) is 2.84. The van der Waals surface area contributed by atoms with E-state index in [1.54, 1.807) is 6.92 Å². The molecule has 11 N–H and O–H groups in total. The van der Waals surface area contributed by atoms with Crippen molar-refractivity contribution < 1.29 is 4.79 Å². The van der Waals surface area contributed by atoms with Crippen LogP contribution in [0.3, 0.4) is 0 Å².